The zero-order valence-electron chi connectivity index (χ0n) is 15.4. The van der Waals surface area contributed by atoms with Crippen LogP contribution in [0.5, 0.6) is 0 Å². The van der Waals surface area contributed by atoms with Crippen molar-refractivity contribution in [2.24, 2.45) is 0 Å². The number of aromatic nitrogens is 2. The van der Waals surface area contributed by atoms with Gasteiger partial charge in [-0.3, -0.25) is 4.68 Å². The largest absolute Gasteiger partial charge is 0.394 e. The van der Waals surface area contributed by atoms with E-state index in [2.05, 4.69) is 15.7 Å². The summed E-state index contributed by atoms with van der Waals surface area (Å²) < 4.78 is 16.6. The fourth-order valence-corrected chi connectivity index (χ4v) is 4.46. The average molecular weight is 423 g/mol. The molecule has 0 spiro atoms. The van der Waals surface area contributed by atoms with E-state index in [-0.39, 0.29) is 17.4 Å². The van der Waals surface area contributed by atoms with Gasteiger partial charge in [0.15, 0.2) is 0 Å². The summed E-state index contributed by atoms with van der Waals surface area (Å²) >= 11 is 12.6. The monoisotopic (exact) mass is 422 g/mol. The van der Waals surface area contributed by atoms with Crippen LogP contribution in [-0.4, -0.2) is 34.6 Å². The number of benzene rings is 2. The first kappa shape index (κ1) is 19.5. The maximum atomic E-state index is 14.8. The number of aliphatic hydroxyl groups excluding tert-OH is 1. The summed E-state index contributed by atoms with van der Waals surface area (Å²) in [5.74, 6) is -0.380. The summed E-state index contributed by atoms with van der Waals surface area (Å²) in [6.45, 7) is 3.71. The second-order valence-corrected chi connectivity index (χ2v) is 7.90. The van der Waals surface area contributed by atoms with Gasteiger partial charge in [-0.25, -0.2) is 4.39 Å². The van der Waals surface area contributed by atoms with Crippen LogP contribution in [0.25, 0.3) is 10.9 Å². The standard InChI is InChI=1S/C20H21Cl2FN4O/c1-12-14-3-2-13(10-17(14)26-27(12)8-9-28)25-20(6-7-24-11-20)18-16(23)5-4-15(21)19(18)22/h2-5,10,24-25,28H,6-9,11H2,1H3. The Hall–Kier alpha value is -1.86. The lowest BCUT2D eigenvalue weighted by atomic mass is 9.88. The lowest BCUT2D eigenvalue weighted by Crippen LogP contribution is -2.38. The molecular formula is C20H21Cl2FN4O. The normalized spacial score (nSPS) is 19.5. The lowest BCUT2D eigenvalue weighted by Gasteiger charge is -2.33. The molecule has 1 aromatic heterocycles. The summed E-state index contributed by atoms with van der Waals surface area (Å²) in [7, 11) is 0. The first-order valence-corrected chi connectivity index (χ1v) is 9.92. The van der Waals surface area contributed by atoms with E-state index >= 15 is 0 Å². The van der Waals surface area contributed by atoms with Gasteiger partial charge in [0.05, 0.1) is 34.3 Å². The van der Waals surface area contributed by atoms with E-state index in [0.717, 1.165) is 28.8 Å². The molecule has 3 N–H and O–H groups in total. The number of nitrogens with zero attached hydrogens (tertiary/aromatic N) is 2. The molecule has 0 aliphatic carbocycles. The van der Waals surface area contributed by atoms with Crippen LogP contribution in [0.2, 0.25) is 10.0 Å². The van der Waals surface area contributed by atoms with E-state index in [1.807, 2.05) is 25.1 Å². The number of aliphatic hydroxyl groups is 1. The van der Waals surface area contributed by atoms with E-state index in [0.29, 0.717) is 30.1 Å². The minimum absolute atomic E-state index is 0.0290. The van der Waals surface area contributed by atoms with Gasteiger partial charge < -0.3 is 15.7 Å². The van der Waals surface area contributed by atoms with Crippen LogP contribution in [0, 0.1) is 12.7 Å². The van der Waals surface area contributed by atoms with Crippen LogP contribution in [-0.2, 0) is 12.1 Å². The molecule has 1 aliphatic rings. The van der Waals surface area contributed by atoms with E-state index in [1.54, 1.807) is 4.68 Å². The van der Waals surface area contributed by atoms with Crippen molar-refractivity contribution in [3.8, 4) is 0 Å². The average Bonchev–Trinajstić information content (AvgIpc) is 3.25. The Morgan fingerprint density at radius 2 is 2.14 bits per heavy atom. The number of fused-ring (bicyclic) bond motifs is 1. The van der Waals surface area contributed by atoms with Gasteiger partial charge in [-0.1, -0.05) is 23.2 Å². The van der Waals surface area contributed by atoms with Gasteiger partial charge in [0, 0.05) is 28.9 Å². The predicted molar refractivity (Wildman–Crippen MR) is 111 cm³/mol. The van der Waals surface area contributed by atoms with Crippen LogP contribution < -0.4 is 10.6 Å². The third-order valence-corrected chi connectivity index (χ3v) is 6.18. The lowest BCUT2D eigenvalue weighted by molar-refractivity contribution is 0.268. The molecule has 2 heterocycles. The molecule has 2 aromatic carbocycles. The van der Waals surface area contributed by atoms with Crippen molar-refractivity contribution >= 4 is 39.8 Å². The molecular weight excluding hydrogens is 402 g/mol. The summed E-state index contributed by atoms with van der Waals surface area (Å²) in [6.07, 6.45) is 0.667. The molecule has 0 bridgehead atoms. The molecule has 5 nitrogen and oxygen atoms in total. The summed E-state index contributed by atoms with van der Waals surface area (Å²) in [5, 5.41) is 22.1. The highest BCUT2D eigenvalue weighted by molar-refractivity contribution is 6.42. The first-order chi connectivity index (χ1) is 13.4. The Bertz CT molecular complexity index is 1030. The highest BCUT2D eigenvalue weighted by Crippen LogP contribution is 2.41. The van der Waals surface area contributed by atoms with Gasteiger partial charge in [-0.15, -0.1) is 0 Å². The number of hydrogen-bond donors (Lipinski definition) is 3. The predicted octanol–water partition coefficient (Wildman–Crippen LogP) is 4.08. The minimum Gasteiger partial charge on any atom is -0.394 e. The van der Waals surface area contributed by atoms with Gasteiger partial charge >= 0.3 is 0 Å². The Morgan fingerprint density at radius 1 is 1.32 bits per heavy atom. The maximum Gasteiger partial charge on any atom is 0.130 e. The molecule has 1 unspecified atom stereocenters. The third kappa shape index (κ3) is 3.24. The van der Waals surface area contributed by atoms with Gasteiger partial charge in [0.25, 0.3) is 0 Å². The molecule has 1 saturated heterocycles. The van der Waals surface area contributed by atoms with Gasteiger partial charge in [0.1, 0.15) is 5.82 Å². The highest BCUT2D eigenvalue weighted by atomic mass is 35.5. The van der Waals surface area contributed by atoms with Crippen molar-refractivity contribution in [1.82, 2.24) is 15.1 Å². The van der Waals surface area contributed by atoms with Crippen molar-refractivity contribution in [1.29, 1.82) is 0 Å². The second kappa shape index (κ2) is 7.52. The van der Waals surface area contributed by atoms with E-state index in [1.165, 1.54) is 12.1 Å². The maximum absolute atomic E-state index is 14.8. The molecule has 0 saturated carbocycles. The molecule has 3 aromatic rings. The van der Waals surface area contributed by atoms with Crippen molar-refractivity contribution in [2.45, 2.75) is 25.4 Å². The summed E-state index contributed by atoms with van der Waals surface area (Å²) in [6, 6.07) is 8.71. The molecule has 1 aliphatic heterocycles. The molecule has 148 valence electrons. The van der Waals surface area contributed by atoms with E-state index < -0.39 is 5.54 Å². The minimum atomic E-state index is -0.706. The van der Waals surface area contributed by atoms with Gasteiger partial charge in [-0.2, -0.15) is 5.10 Å². The summed E-state index contributed by atoms with van der Waals surface area (Å²) in [5.41, 5.74) is 2.31. The molecule has 1 atom stereocenters. The summed E-state index contributed by atoms with van der Waals surface area (Å²) in [4.78, 5) is 0. The number of nitrogens with one attached hydrogen (secondary N) is 2. The molecule has 8 heteroatoms. The van der Waals surface area contributed by atoms with Crippen LogP contribution in [0.3, 0.4) is 0 Å². The van der Waals surface area contributed by atoms with Crippen molar-refractivity contribution in [3.63, 3.8) is 0 Å². The van der Waals surface area contributed by atoms with E-state index in [4.69, 9.17) is 23.2 Å². The van der Waals surface area contributed by atoms with Gasteiger partial charge in [-0.05, 0) is 50.2 Å². The number of anilines is 1. The zero-order chi connectivity index (χ0) is 19.9. The van der Waals surface area contributed by atoms with Crippen LogP contribution in [0.1, 0.15) is 17.7 Å². The van der Waals surface area contributed by atoms with Crippen LogP contribution >= 0.6 is 23.2 Å². The fourth-order valence-electron chi connectivity index (χ4n) is 3.97. The Balaban J connectivity index is 1.76. The SMILES string of the molecule is Cc1c2ccc(NC3(c4c(F)ccc(Cl)c4Cl)CCNC3)cc2nn1CCO. The van der Waals surface area contributed by atoms with E-state index in [9.17, 15) is 9.50 Å². The van der Waals surface area contributed by atoms with Crippen molar-refractivity contribution in [3.05, 3.63) is 57.5 Å². The Kier molecular flexibility index (Phi) is 5.22. The fraction of sp³-hybridized carbons (Fsp3) is 0.350. The smallest absolute Gasteiger partial charge is 0.130 e. The molecule has 0 radical (unpaired) electrons. The van der Waals surface area contributed by atoms with Crippen LogP contribution in [0.4, 0.5) is 10.1 Å². The Morgan fingerprint density at radius 3 is 2.86 bits per heavy atom. The number of rotatable bonds is 5. The third-order valence-electron chi connectivity index (χ3n) is 5.38. The van der Waals surface area contributed by atoms with Gasteiger partial charge in [0.2, 0.25) is 0 Å². The number of hydrogen-bond acceptors (Lipinski definition) is 4. The second-order valence-electron chi connectivity index (χ2n) is 7.12. The molecule has 0 amide bonds. The molecule has 28 heavy (non-hydrogen) atoms. The highest BCUT2D eigenvalue weighted by Gasteiger charge is 2.40. The molecule has 4 rings (SSSR count). The Labute approximate surface area is 172 Å². The number of halogens is 3. The van der Waals surface area contributed by atoms with Crippen molar-refractivity contribution in [2.75, 3.05) is 25.0 Å². The quantitative estimate of drug-likeness (QED) is 0.542. The molecule has 1 fully saturated rings. The zero-order valence-corrected chi connectivity index (χ0v) is 16.9. The first-order valence-electron chi connectivity index (χ1n) is 9.16. The topological polar surface area (TPSA) is 62.1 Å². The number of aryl methyl sites for hydroxylation is 1. The van der Waals surface area contributed by atoms with Crippen LogP contribution in [0.15, 0.2) is 30.3 Å². The van der Waals surface area contributed by atoms with Crippen molar-refractivity contribution < 1.29 is 9.50 Å².